The number of hydrogen-bond acceptors (Lipinski definition) is 9. The van der Waals surface area contributed by atoms with Crippen LogP contribution >= 0.6 is 0 Å². The molecule has 294 valence electrons. The van der Waals surface area contributed by atoms with Gasteiger partial charge in [-0.3, -0.25) is 4.79 Å². The Morgan fingerprint density at radius 2 is 1.42 bits per heavy atom. The van der Waals surface area contributed by atoms with E-state index in [0.717, 1.165) is 41.7 Å². The number of amides is 3. The summed E-state index contributed by atoms with van der Waals surface area (Å²) >= 11 is 0. The van der Waals surface area contributed by atoms with Gasteiger partial charge in [0.15, 0.2) is 0 Å². The Kier molecular flexibility index (Phi) is 13.8. The summed E-state index contributed by atoms with van der Waals surface area (Å²) < 4.78 is 50.1. The monoisotopic (exact) mass is 747 g/mol. The number of aryl methyl sites for hydroxylation is 1. The van der Waals surface area contributed by atoms with E-state index in [1.165, 1.54) is 6.42 Å². The Morgan fingerprint density at radius 3 is 2.00 bits per heavy atom. The van der Waals surface area contributed by atoms with Crippen molar-refractivity contribution in [1.29, 1.82) is 0 Å². The zero-order valence-corrected chi connectivity index (χ0v) is 32.2. The average Bonchev–Trinajstić information content (AvgIpc) is 3.07. The molecule has 1 N–H and O–H groups in total. The highest BCUT2D eigenvalue weighted by molar-refractivity contribution is 5.82. The van der Waals surface area contributed by atoms with E-state index in [4.69, 9.17) is 9.47 Å². The van der Waals surface area contributed by atoms with Gasteiger partial charge in [0.1, 0.15) is 17.0 Å². The van der Waals surface area contributed by atoms with E-state index in [-0.39, 0.29) is 38.3 Å². The van der Waals surface area contributed by atoms with Gasteiger partial charge in [0.25, 0.3) is 0 Å². The third-order valence-corrected chi connectivity index (χ3v) is 8.94. The highest BCUT2D eigenvalue weighted by Gasteiger charge is 2.43. The van der Waals surface area contributed by atoms with Crippen molar-refractivity contribution < 1.29 is 37.0 Å². The van der Waals surface area contributed by atoms with Crippen LogP contribution in [0.5, 0.6) is 0 Å². The normalized spacial score (nSPS) is 15.9. The lowest BCUT2D eigenvalue weighted by atomic mass is 9.94. The van der Waals surface area contributed by atoms with E-state index in [1.54, 1.807) is 11.0 Å². The third kappa shape index (κ3) is 13.3. The van der Waals surface area contributed by atoms with E-state index in [2.05, 4.69) is 15.3 Å². The van der Waals surface area contributed by atoms with Crippen LogP contribution in [0.25, 0.3) is 0 Å². The van der Waals surface area contributed by atoms with Gasteiger partial charge < -0.3 is 34.4 Å². The maximum Gasteiger partial charge on any atom is 0.471 e. The molecule has 2 aliphatic rings. The van der Waals surface area contributed by atoms with Crippen LogP contribution in [0.3, 0.4) is 0 Å². The molecule has 0 unspecified atom stereocenters. The van der Waals surface area contributed by atoms with E-state index in [0.29, 0.717) is 50.1 Å². The number of rotatable bonds is 11. The Hall–Kier alpha value is -4.30. The van der Waals surface area contributed by atoms with Crippen LogP contribution in [-0.4, -0.2) is 105 Å². The van der Waals surface area contributed by atoms with E-state index >= 15 is 0 Å². The average molecular weight is 748 g/mol. The minimum Gasteiger partial charge on any atom is -0.444 e. The molecule has 0 spiro atoms. The van der Waals surface area contributed by atoms with Crippen LogP contribution < -0.4 is 10.2 Å². The van der Waals surface area contributed by atoms with E-state index in [1.807, 2.05) is 82.5 Å². The molecular formula is C38H56F3N7O5. The molecule has 2 heterocycles. The van der Waals surface area contributed by atoms with Crippen molar-refractivity contribution in [1.82, 2.24) is 24.7 Å². The van der Waals surface area contributed by atoms with Gasteiger partial charge in [0.05, 0.1) is 0 Å². The summed E-state index contributed by atoms with van der Waals surface area (Å²) in [5.41, 5.74) is 1.27. The molecule has 1 aliphatic heterocycles. The first kappa shape index (κ1) is 41.5. The fraction of sp³-hybridized carbons (Fsp3) is 0.658. The quantitative estimate of drug-likeness (QED) is 0.253. The van der Waals surface area contributed by atoms with Gasteiger partial charge in [-0.15, -0.1) is 0 Å². The molecule has 1 aromatic heterocycles. The van der Waals surface area contributed by atoms with Crippen LogP contribution in [-0.2, 0) is 27.4 Å². The Bertz CT molecular complexity index is 1530. The van der Waals surface area contributed by atoms with Crippen molar-refractivity contribution in [2.45, 2.75) is 124 Å². The smallest absolute Gasteiger partial charge is 0.444 e. The zero-order chi connectivity index (χ0) is 39.0. The molecule has 0 bridgehead atoms. The number of nitrogens with one attached hydrogen (secondary N) is 1. The first-order valence-electron chi connectivity index (χ1n) is 18.5. The summed E-state index contributed by atoms with van der Waals surface area (Å²) in [6.45, 7) is 14.9. The summed E-state index contributed by atoms with van der Waals surface area (Å²) in [4.78, 5) is 53.4. The van der Waals surface area contributed by atoms with Gasteiger partial charge in [-0.1, -0.05) is 43.5 Å². The number of ether oxygens (including phenoxy) is 2. The molecule has 3 amide bonds. The molecular weight excluding hydrogens is 691 g/mol. The number of nitrogens with zero attached hydrogens (tertiary/aromatic N) is 6. The summed E-state index contributed by atoms with van der Waals surface area (Å²) in [5.74, 6) is -0.870. The Morgan fingerprint density at radius 1 is 0.830 bits per heavy atom. The van der Waals surface area contributed by atoms with Crippen LogP contribution in [0.4, 0.5) is 34.5 Å². The lowest BCUT2D eigenvalue weighted by Crippen LogP contribution is -2.52. The maximum atomic E-state index is 13.4. The van der Waals surface area contributed by atoms with Gasteiger partial charge in [-0.25, -0.2) is 14.6 Å². The predicted molar refractivity (Wildman–Crippen MR) is 196 cm³/mol. The molecule has 0 radical (unpaired) electrons. The minimum atomic E-state index is -4.89. The van der Waals surface area contributed by atoms with Crippen molar-refractivity contribution in [3.8, 4) is 0 Å². The second-order valence-corrected chi connectivity index (χ2v) is 15.9. The number of halogens is 3. The summed E-state index contributed by atoms with van der Waals surface area (Å²) in [5, 5.41) is 3.23. The van der Waals surface area contributed by atoms with Gasteiger partial charge in [0, 0.05) is 70.2 Å². The standard InChI is InChI=1S/C38H56F3N7O5/c1-27-24-31(45-20-22-46(23-21-45)32(49)38(39,40)41)44-33(43-27)42-25-28-14-16-29(17-15-28)26-47(34(50)52-36(2,3)4)18-11-19-48(30-12-9-8-10-13-30)35(51)53-37(5,6)7/h14-17,24,30H,8-13,18-23,25-26H2,1-7H3,(H,42,43,44). The van der Waals surface area contributed by atoms with Gasteiger partial charge >= 0.3 is 24.3 Å². The van der Waals surface area contributed by atoms with Crippen molar-refractivity contribution in [2.75, 3.05) is 49.5 Å². The number of carbonyl (C=O) groups is 3. The molecule has 4 rings (SSSR count). The van der Waals surface area contributed by atoms with Crippen LogP contribution in [0.1, 0.15) is 96.9 Å². The lowest BCUT2D eigenvalue weighted by molar-refractivity contribution is -0.185. The third-order valence-electron chi connectivity index (χ3n) is 8.94. The number of hydrogen-bond donors (Lipinski definition) is 1. The Labute approximate surface area is 311 Å². The first-order chi connectivity index (χ1) is 24.8. The van der Waals surface area contributed by atoms with Gasteiger partial charge in [0.2, 0.25) is 5.95 Å². The maximum absolute atomic E-state index is 13.4. The SMILES string of the molecule is Cc1cc(N2CCN(C(=O)C(F)(F)F)CC2)nc(NCc2ccc(CN(CCCN(C(=O)OC(C)(C)C)C3CCCCC3)C(=O)OC(C)(C)C)cc2)n1. The summed E-state index contributed by atoms with van der Waals surface area (Å²) in [7, 11) is 0. The van der Waals surface area contributed by atoms with E-state index < -0.39 is 29.4 Å². The molecule has 1 aromatic carbocycles. The molecule has 12 nitrogen and oxygen atoms in total. The Balaban J connectivity index is 1.36. The number of anilines is 2. The molecule has 1 saturated carbocycles. The summed E-state index contributed by atoms with van der Waals surface area (Å²) in [6.07, 6.45) is 0.162. The largest absolute Gasteiger partial charge is 0.471 e. The second-order valence-electron chi connectivity index (χ2n) is 15.9. The number of benzene rings is 1. The van der Waals surface area contributed by atoms with Gasteiger partial charge in [-0.2, -0.15) is 18.2 Å². The molecule has 15 heteroatoms. The van der Waals surface area contributed by atoms with E-state index in [9.17, 15) is 27.6 Å². The zero-order valence-electron chi connectivity index (χ0n) is 32.2. The van der Waals surface area contributed by atoms with Crippen molar-refractivity contribution in [2.24, 2.45) is 0 Å². The number of aromatic nitrogens is 2. The molecule has 53 heavy (non-hydrogen) atoms. The molecule has 2 fully saturated rings. The van der Waals surface area contributed by atoms with Gasteiger partial charge in [-0.05, 0) is 78.9 Å². The highest BCUT2D eigenvalue weighted by atomic mass is 19.4. The van der Waals surface area contributed by atoms with Crippen molar-refractivity contribution in [3.05, 3.63) is 47.2 Å². The van der Waals surface area contributed by atoms with Crippen LogP contribution in [0, 0.1) is 6.92 Å². The summed E-state index contributed by atoms with van der Waals surface area (Å²) in [6, 6.07) is 9.71. The second kappa shape index (κ2) is 17.7. The topological polar surface area (TPSA) is 120 Å². The van der Waals surface area contributed by atoms with Crippen LogP contribution in [0.2, 0.25) is 0 Å². The molecule has 0 atom stereocenters. The minimum absolute atomic E-state index is 0.0488. The lowest BCUT2D eigenvalue weighted by Gasteiger charge is -2.36. The molecule has 1 saturated heterocycles. The highest BCUT2D eigenvalue weighted by Crippen LogP contribution is 2.26. The number of carbonyl (C=O) groups excluding carboxylic acids is 3. The molecule has 1 aliphatic carbocycles. The van der Waals surface area contributed by atoms with Crippen molar-refractivity contribution in [3.63, 3.8) is 0 Å². The predicted octanol–water partition coefficient (Wildman–Crippen LogP) is 7.31. The first-order valence-corrected chi connectivity index (χ1v) is 18.5. The van der Waals surface area contributed by atoms with Crippen molar-refractivity contribution >= 4 is 29.9 Å². The number of alkyl halides is 3. The van der Waals surface area contributed by atoms with Crippen LogP contribution in [0.15, 0.2) is 30.3 Å². The molecule has 2 aromatic rings. The number of piperazine rings is 1. The fourth-order valence-corrected chi connectivity index (χ4v) is 6.40. The fourth-order valence-electron chi connectivity index (χ4n) is 6.40.